The summed E-state index contributed by atoms with van der Waals surface area (Å²) in [5, 5.41) is 26.4. The Morgan fingerprint density at radius 2 is 1.93 bits per heavy atom. The Morgan fingerprint density at radius 1 is 1.13 bits per heavy atom. The van der Waals surface area contributed by atoms with Gasteiger partial charge in [-0.25, -0.2) is 4.79 Å². The maximum absolute atomic E-state index is 12.1. The second kappa shape index (κ2) is 7.99. The van der Waals surface area contributed by atoms with Crippen LogP contribution in [0.2, 0.25) is 0 Å². The van der Waals surface area contributed by atoms with Crippen LogP contribution in [0.1, 0.15) is 22.9 Å². The fraction of sp³-hybridized carbons (Fsp3) is 0.200. The van der Waals surface area contributed by atoms with Crippen LogP contribution >= 0.6 is 0 Å². The first-order valence-electron chi connectivity index (χ1n) is 9.06. The van der Waals surface area contributed by atoms with Gasteiger partial charge >= 0.3 is 5.69 Å². The van der Waals surface area contributed by atoms with E-state index in [2.05, 4.69) is 26.2 Å². The number of nitrogens with zero attached hydrogens (tertiary/aromatic N) is 5. The third-order valence-corrected chi connectivity index (χ3v) is 4.79. The van der Waals surface area contributed by atoms with Crippen LogP contribution in [-0.4, -0.2) is 39.9 Å². The number of aromatic amines is 2. The average Bonchev–Trinajstić information content (AvgIpc) is 2.79. The molecule has 148 valence electrons. The molecule has 3 heterocycles. The highest BCUT2D eigenvalue weighted by atomic mass is 16.5. The molecule has 3 aromatic rings. The van der Waals surface area contributed by atoms with Crippen molar-refractivity contribution < 1.29 is 4.74 Å². The topological polar surface area (TPSA) is 152 Å². The fourth-order valence-corrected chi connectivity index (χ4v) is 3.28. The third-order valence-electron chi connectivity index (χ3n) is 4.79. The smallest absolute Gasteiger partial charge is 0.325 e. The van der Waals surface area contributed by atoms with E-state index in [0.717, 1.165) is 5.56 Å². The Bertz CT molecular complexity index is 1280. The Labute approximate surface area is 170 Å². The highest BCUT2D eigenvalue weighted by Gasteiger charge is 2.25. The molecule has 10 nitrogen and oxygen atoms in total. The SMILES string of the molecule is N#Cc1ccc(C2CN(c3cc(-c4c[nH]c(=O)[nH]c4=O)nnc3C#N)CCO2)cc1. The van der Waals surface area contributed by atoms with Crippen molar-refractivity contribution in [1.29, 1.82) is 10.5 Å². The van der Waals surface area contributed by atoms with E-state index in [4.69, 9.17) is 10.00 Å². The molecule has 1 aromatic carbocycles. The van der Waals surface area contributed by atoms with Crippen molar-refractivity contribution in [2.24, 2.45) is 0 Å². The van der Waals surface area contributed by atoms with E-state index < -0.39 is 11.2 Å². The number of ether oxygens (including phenoxy) is 1. The molecule has 1 unspecified atom stereocenters. The van der Waals surface area contributed by atoms with Gasteiger partial charge in [0.25, 0.3) is 5.56 Å². The molecule has 2 N–H and O–H groups in total. The van der Waals surface area contributed by atoms with E-state index >= 15 is 0 Å². The first-order chi connectivity index (χ1) is 14.6. The second-order valence-corrected chi connectivity index (χ2v) is 6.60. The monoisotopic (exact) mass is 401 g/mol. The van der Waals surface area contributed by atoms with E-state index in [9.17, 15) is 14.9 Å². The van der Waals surface area contributed by atoms with Crippen LogP contribution in [-0.2, 0) is 4.74 Å². The van der Waals surface area contributed by atoms with Crippen LogP contribution in [0.25, 0.3) is 11.3 Å². The molecule has 30 heavy (non-hydrogen) atoms. The average molecular weight is 401 g/mol. The van der Waals surface area contributed by atoms with Gasteiger partial charge in [-0.05, 0) is 23.8 Å². The lowest BCUT2D eigenvalue weighted by Gasteiger charge is -2.35. The standard InChI is InChI=1S/C20H15N7O3/c21-8-12-1-3-13(4-2-12)18-11-27(5-6-30-18)17-7-15(25-26-16(17)9-22)14-10-23-20(29)24-19(14)28/h1-4,7,10,18H,5-6,11H2,(H2,23,24,28,29). The van der Waals surface area contributed by atoms with Crippen LogP contribution in [0.3, 0.4) is 0 Å². The van der Waals surface area contributed by atoms with Crippen molar-refractivity contribution >= 4 is 5.69 Å². The second-order valence-electron chi connectivity index (χ2n) is 6.60. The number of H-pyrrole nitrogens is 2. The Balaban J connectivity index is 1.68. The normalized spacial score (nSPS) is 15.9. The number of nitrogens with one attached hydrogen (secondary N) is 2. The maximum atomic E-state index is 12.1. The van der Waals surface area contributed by atoms with Gasteiger partial charge in [-0.1, -0.05) is 12.1 Å². The number of hydrogen-bond acceptors (Lipinski definition) is 8. The zero-order chi connectivity index (χ0) is 21.1. The van der Waals surface area contributed by atoms with Gasteiger partial charge in [0.2, 0.25) is 0 Å². The molecular formula is C20H15N7O3. The van der Waals surface area contributed by atoms with Crippen molar-refractivity contribution in [2.45, 2.75) is 6.10 Å². The molecule has 10 heteroatoms. The molecule has 0 saturated carbocycles. The largest absolute Gasteiger partial charge is 0.370 e. The van der Waals surface area contributed by atoms with Gasteiger partial charge in [0.05, 0.1) is 29.5 Å². The zero-order valence-electron chi connectivity index (χ0n) is 15.6. The highest BCUT2D eigenvalue weighted by Crippen LogP contribution is 2.29. The molecule has 2 aromatic heterocycles. The summed E-state index contributed by atoms with van der Waals surface area (Å²) in [5.41, 5.74) is 1.29. The summed E-state index contributed by atoms with van der Waals surface area (Å²) >= 11 is 0. The van der Waals surface area contributed by atoms with Gasteiger partial charge in [-0.2, -0.15) is 10.5 Å². The summed E-state index contributed by atoms with van der Waals surface area (Å²) in [5.74, 6) is 0. The minimum atomic E-state index is -0.621. The Kier molecular flexibility index (Phi) is 5.08. The predicted molar refractivity (Wildman–Crippen MR) is 105 cm³/mol. The first-order valence-corrected chi connectivity index (χ1v) is 9.06. The Morgan fingerprint density at radius 3 is 2.63 bits per heavy atom. The molecule has 0 aliphatic carbocycles. The number of anilines is 1. The van der Waals surface area contributed by atoms with Gasteiger partial charge in [0.1, 0.15) is 17.9 Å². The van der Waals surface area contributed by atoms with Crippen molar-refractivity contribution in [3.8, 4) is 23.4 Å². The van der Waals surface area contributed by atoms with Gasteiger partial charge in [0.15, 0.2) is 5.69 Å². The predicted octanol–water partition coefficient (Wildman–Crippen LogP) is 0.841. The molecule has 1 fully saturated rings. The summed E-state index contributed by atoms with van der Waals surface area (Å²) in [6.45, 7) is 1.40. The number of rotatable bonds is 3. The van der Waals surface area contributed by atoms with E-state index in [1.807, 2.05) is 23.1 Å². The Hall–Kier alpha value is -4.28. The van der Waals surface area contributed by atoms with Crippen molar-refractivity contribution in [3.05, 3.63) is 74.2 Å². The van der Waals surface area contributed by atoms with Crippen LogP contribution in [0, 0.1) is 22.7 Å². The first kappa shape index (κ1) is 19.1. The van der Waals surface area contributed by atoms with Crippen LogP contribution in [0.15, 0.2) is 46.1 Å². The number of nitriles is 2. The molecule has 4 rings (SSSR count). The zero-order valence-corrected chi connectivity index (χ0v) is 15.6. The van der Waals surface area contributed by atoms with E-state index in [1.54, 1.807) is 18.2 Å². The van der Waals surface area contributed by atoms with E-state index in [0.29, 0.717) is 30.9 Å². The fourth-order valence-electron chi connectivity index (χ4n) is 3.28. The van der Waals surface area contributed by atoms with Crippen LogP contribution in [0.4, 0.5) is 5.69 Å². The van der Waals surface area contributed by atoms with Crippen molar-refractivity contribution in [3.63, 3.8) is 0 Å². The molecule has 0 bridgehead atoms. The molecule has 0 amide bonds. The number of morpholine rings is 1. The molecule has 1 atom stereocenters. The minimum absolute atomic E-state index is 0.125. The lowest BCUT2D eigenvalue weighted by molar-refractivity contribution is 0.0397. The van der Waals surface area contributed by atoms with Crippen LogP contribution in [0.5, 0.6) is 0 Å². The molecule has 1 saturated heterocycles. The summed E-state index contributed by atoms with van der Waals surface area (Å²) in [7, 11) is 0. The van der Waals surface area contributed by atoms with Gasteiger partial charge in [-0.3, -0.25) is 9.78 Å². The summed E-state index contributed by atoms with van der Waals surface area (Å²) in [6.07, 6.45) is 1.01. The number of hydrogen-bond donors (Lipinski definition) is 2. The highest BCUT2D eigenvalue weighted by molar-refractivity contribution is 5.66. The molecule has 0 spiro atoms. The van der Waals surface area contributed by atoms with Gasteiger partial charge < -0.3 is 14.6 Å². The number of aromatic nitrogens is 4. The van der Waals surface area contributed by atoms with E-state index in [-0.39, 0.29) is 23.1 Å². The third kappa shape index (κ3) is 3.68. The summed E-state index contributed by atoms with van der Waals surface area (Å²) in [4.78, 5) is 29.9. The van der Waals surface area contributed by atoms with E-state index in [1.165, 1.54) is 6.20 Å². The van der Waals surface area contributed by atoms with Gasteiger partial charge in [-0.15, -0.1) is 10.2 Å². The lowest BCUT2D eigenvalue weighted by Crippen LogP contribution is -2.39. The molecule has 1 aliphatic rings. The summed E-state index contributed by atoms with van der Waals surface area (Å²) < 4.78 is 5.87. The molecule has 0 radical (unpaired) electrons. The lowest BCUT2D eigenvalue weighted by atomic mass is 10.0. The quantitative estimate of drug-likeness (QED) is 0.655. The van der Waals surface area contributed by atoms with Gasteiger partial charge in [0, 0.05) is 19.3 Å². The number of benzene rings is 1. The minimum Gasteiger partial charge on any atom is -0.370 e. The maximum Gasteiger partial charge on any atom is 0.325 e. The summed E-state index contributed by atoms with van der Waals surface area (Å²) in [6, 6.07) is 12.9. The van der Waals surface area contributed by atoms with Crippen molar-refractivity contribution in [1.82, 2.24) is 20.2 Å². The molecular weight excluding hydrogens is 386 g/mol. The van der Waals surface area contributed by atoms with Crippen LogP contribution < -0.4 is 16.1 Å². The van der Waals surface area contributed by atoms with Crippen molar-refractivity contribution in [2.75, 3.05) is 24.6 Å². The molecule has 1 aliphatic heterocycles.